The molecular weight excluding hydrogens is 551 g/mol. The van der Waals surface area contributed by atoms with Crippen LogP contribution in [-0.2, 0) is 6.18 Å². The molecule has 38 heavy (non-hydrogen) atoms. The van der Waals surface area contributed by atoms with Gasteiger partial charge in [-0.15, -0.1) is 0 Å². The third-order valence-corrected chi connectivity index (χ3v) is 5.59. The average molecular weight is 568 g/mol. The summed E-state index contributed by atoms with van der Waals surface area (Å²) < 4.78 is 94.8. The predicted octanol–water partition coefficient (Wildman–Crippen LogP) is 3.72. The summed E-state index contributed by atoms with van der Waals surface area (Å²) in [5.41, 5.74) is -0.786. The molecule has 0 saturated heterocycles. The first-order chi connectivity index (χ1) is 17.5. The van der Waals surface area contributed by atoms with Crippen LogP contribution in [0.1, 0.15) is 26.3 Å². The van der Waals surface area contributed by atoms with E-state index in [4.69, 9.17) is 17.3 Å². The van der Waals surface area contributed by atoms with Crippen molar-refractivity contribution in [3.8, 4) is 5.69 Å². The molecule has 5 N–H and O–H groups in total. The molecule has 0 saturated carbocycles. The Bertz CT molecular complexity index is 1340. The lowest BCUT2D eigenvalue weighted by Gasteiger charge is -2.31. The van der Waals surface area contributed by atoms with Crippen molar-refractivity contribution in [2.75, 3.05) is 18.8 Å². The van der Waals surface area contributed by atoms with E-state index in [-0.39, 0.29) is 11.5 Å². The van der Waals surface area contributed by atoms with Crippen LogP contribution in [0.2, 0.25) is 5.02 Å². The van der Waals surface area contributed by atoms with Crippen LogP contribution in [0.3, 0.4) is 0 Å². The zero-order valence-corrected chi connectivity index (χ0v) is 19.5. The Morgan fingerprint density at radius 1 is 0.974 bits per heavy atom. The van der Waals surface area contributed by atoms with Gasteiger partial charge in [-0.3, -0.25) is 9.59 Å². The van der Waals surface area contributed by atoms with Crippen molar-refractivity contribution in [3.05, 3.63) is 76.2 Å². The van der Waals surface area contributed by atoms with Gasteiger partial charge in [0.2, 0.25) is 0 Å². The molecule has 0 radical (unpaired) electrons. The number of aromatic nitrogens is 2. The van der Waals surface area contributed by atoms with Crippen molar-refractivity contribution in [3.63, 3.8) is 0 Å². The first kappa shape index (κ1) is 28.7. The maximum Gasteiger partial charge on any atom is 0.420 e. The van der Waals surface area contributed by atoms with E-state index in [1.807, 2.05) is 5.32 Å². The highest BCUT2D eigenvalue weighted by atomic mass is 35.5. The zero-order chi connectivity index (χ0) is 28.5. The van der Waals surface area contributed by atoms with Gasteiger partial charge in [0, 0.05) is 0 Å². The van der Waals surface area contributed by atoms with Gasteiger partial charge >= 0.3 is 12.4 Å². The maximum atomic E-state index is 13.7. The molecule has 16 heteroatoms. The number of hydrogen-bond donors (Lipinski definition) is 4. The van der Waals surface area contributed by atoms with Gasteiger partial charge in [0.1, 0.15) is 17.2 Å². The number of benzene rings is 2. The number of aliphatic hydroxyl groups is 1. The van der Waals surface area contributed by atoms with Gasteiger partial charge in [0.25, 0.3) is 11.8 Å². The van der Waals surface area contributed by atoms with E-state index in [2.05, 4.69) is 5.10 Å². The van der Waals surface area contributed by atoms with E-state index < -0.39 is 70.4 Å². The van der Waals surface area contributed by atoms with E-state index in [9.17, 15) is 45.4 Å². The number of alkyl halides is 6. The van der Waals surface area contributed by atoms with Gasteiger partial charge in [-0.25, -0.2) is 9.07 Å². The molecule has 0 bridgehead atoms. The van der Waals surface area contributed by atoms with Gasteiger partial charge < -0.3 is 21.5 Å². The minimum Gasteiger partial charge on any atom is -0.383 e. The van der Waals surface area contributed by atoms with Gasteiger partial charge in [-0.05, 0) is 36.4 Å². The van der Waals surface area contributed by atoms with Crippen molar-refractivity contribution in [1.82, 2.24) is 20.4 Å². The summed E-state index contributed by atoms with van der Waals surface area (Å²) in [6.45, 7) is -3.16. The number of nitrogens with one attached hydrogen (secondary N) is 2. The largest absolute Gasteiger partial charge is 0.420 e. The first-order valence-electron chi connectivity index (χ1n) is 10.4. The number of amides is 2. The SMILES string of the molecule is Nc1c(C(=O)NCC(O)(CNC(=O)c2c(Cl)cccc2C(F)(F)F)C(F)(F)F)cnn1-c1ccc(F)cc1. The molecule has 3 rings (SSSR count). The van der Waals surface area contributed by atoms with Crippen molar-refractivity contribution in [1.29, 1.82) is 0 Å². The van der Waals surface area contributed by atoms with Crippen molar-refractivity contribution >= 4 is 29.2 Å². The Kier molecular flexibility index (Phi) is 7.93. The number of carbonyl (C=O) groups is 2. The fraction of sp³-hybridized carbons (Fsp3) is 0.227. The summed E-state index contributed by atoms with van der Waals surface area (Å²) in [7, 11) is 0. The van der Waals surface area contributed by atoms with Crippen LogP contribution in [0.25, 0.3) is 5.69 Å². The Morgan fingerprint density at radius 3 is 2.11 bits per heavy atom. The van der Waals surface area contributed by atoms with E-state index in [0.29, 0.717) is 6.07 Å². The predicted molar refractivity (Wildman–Crippen MR) is 120 cm³/mol. The van der Waals surface area contributed by atoms with Gasteiger partial charge in [-0.2, -0.15) is 31.4 Å². The fourth-order valence-corrected chi connectivity index (χ4v) is 3.47. The van der Waals surface area contributed by atoms with Crippen molar-refractivity contribution in [2.24, 2.45) is 0 Å². The third-order valence-electron chi connectivity index (χ3n) is 5.28. The number of nitrogens with zero attached hydrogens (tertiary/aromatic N) is 2. The number of anilines is 1. The fourth-order valence-electron chi connectivity index (χ4n) is 3.21. The summed E-state index contributed by atoms with van der Waals surface area (Å²) in [6, 6.07) is 7.03. The maximum absolute atomic E-state index is 13.7. The molecule has 2 amide bonds. The lowest BCUT2D eigenvalue weighted by molar-refractivity contribution is -0.254. The zero-order valence-electron chi connectivity index (χ0n) is 18.8. The van der Waals surface area contributed by atoms with Crippen LogP contribution in [0.5, 0.6) is 0 Å². The number of hydrogen-bond acceptors (Lipinski definition) is 5. The summed E-state index contributed by atoms with van der Waals surface area (Å²) in [5.74, 6) is -3.73. The summed E-state index contributed by atoms with van der Waals surface area (Å²) in [5, 5.41) is 16.8. The second-order valence-corrected chi connectivity index (χ2v) is 8.29. The minimum atomic E-state index is -5.45. The van der Waals surface area contributed by atoms with Gasteiger partial charge in [0.05, 0.1) is 41.1 Å². The molecule has 8 nitrogen and oxygen atoms in total. The highest BCUT2D eigenvalue weighted by Gasteiger charge is 2.54. The van der Waals surface area contributed by atoms with Crippen LogP contribution in [0, 0.1) is 5.82 Å². The lowest BCUT2D eigenvalue weighted by atomic mass is 10.0. The van der Waals surface area contributed by atoms with Crippen molar-refractivity contribution < 1.29 is 45.4 Å². The molecule has 1 atom stereocenters. The number of nitrogen functional groups attached to an aromatic ring is 1. The number of halogens is 8. The molecule has 1 unspecified atom stereocenters. The minimum absolute atomic E-state index is 0.232. The molecule has 0 aliphatic carbocycles. The molecule has 1 heterocycles. The second-order valence-electron chi connectivity index (χ2n) is 7.89. The molecule has 1 aromatic heterocycles. The molecule has 0 spiro atoms. The Labute approximate surface area is 214 Å². The van der Waals surface area contributed by atoms with Crippen LogP contribution in [0.4, 0.5) is 36.6 Å². The van der Waals surface area contributed by atoms with Crippen LogP contribution in [0.15, 0.2) is 48.7 Å². The highest BCUT2D eigenvalue weighted by molar-refractivity contribution is 6.34. The molecule has 3 aromatic rings. The van der Waals surface area contributed by atoms with Crippen molar-refractivity contribution in [2.45, 2.75) is 18.0 Å². The number of carbonyl (C=O) groups excluding carboxylic acids is 2. The highest BCUT2D eigenvalue weighted by Crippen LogP contribution is 2.35. The van der Waals surface area contributed by atoms with E-state index in [0.717, 1.165) is 35.1 Å². The summed E-state index contributed by atoms with van der Waals surface area (Å²) >= 11 is 5.67. The topological polar surface area (TPSA) is 122 Å². The molecule has 0 aliphatic rings. The Morgan fingerprint density at radius 2 is 1.55 bits per heavy atom. The van der Waals surface area contributed by atoms with Gasteiger partial charge in [0.15, 0.2) is 5.60 Å². The molecular formula is C22H17ClF7N5O3. The summed E-state index contributed by atoms with van der Waals surface area (Å²) in [6.07, 6.45) is -9.59. The van der Waals surface area contributed by atoms with Crippen LogP contribution < -0.4 is 16.4 Å². The quantitative estimate of drug-likeness (QED) is 0.324. The molecule has 0 aliphatic heterocycles. The van der Waals surface area contributed by atoms with E-state index >= 15 is 0 Å². The molecule has 0 fully saturated rings. The van der Waals surface area contributed by atoms with E-state index in [1.54, 1.807) is 5.32 Å². The Hall–Kier alpha value is -3.85. The van der Waals surface area contributed by atoms with Crippen LogP contribution in [-0.4, -0.2) is 51.6 Å². The standard InChI is InChI=1S/C22H17ClF7N5O3/c23-15-3-1-2-14(21(25,26)27)16(15)19(37)33-10-20(38,22(28,29)30)9-32-18(36)13-8-34-35(17(13)31)12-6-4-11(24)5-7-12/h1-8,38H,9-10,31H2,(H,32,36)(H,33,37). The second kappa shape index (κ2) is 10.5. The number of nitrogens with two attached hydrogens (primary N) is 1. The first-order valence-corrected chi connectivity index (χ1v) is 10.7. The van der Waals surface area contributed by atoms with Gasteiger partial charge in [-0.1, -0.05) is 17.7 Å². The lowest BCUT2D eigenvalue weighted by Crippen LogP contribution is -2.59. The van der Waals surface area contributed by atoms with E-state index in [1.165, 1.54) is 12.1 Å². The molecule has 204 valence electrons. The number of rotatable bonds is 7. The molecule has 2 aromatic carbocycles. The normalized spacial score (nSPS) is 13.6. The Balaban J connectivity index is 1.77. The average Bonchev–Trinajstić information content (AvgIpc) is 3.21. The monoisotopic (exact) mass is 567 g/mol. The van der Waals surface area contributed by atoms with Crippen LogP contribution >= 0.6 is 11.6 Å². The third kappa shape index (κ3) is 5.99. The smallest absolute Gasteiger partial charge is 0.383 e. The summed E-state index contributed by atoms with van der Waals surface area (Å²) in [4.78, 5) is 24.8.